The molecule has 0 aliphatic rings. The van der Waals surface area contributed by atoms with E-state index in [0.717, 1.165) is 35.0 Å². The second kappa shape index (κ2) is 14.2. The van der Waals surface area contributed by atoms with Gasteiger partial charge in [0.25, 0.3) is 0 Å². The summed E-state index contributed by atoms with van der Waals surface area (Å²) in [6.07, 6.45) is -8.73. The van der Waals surface area contributed by atoms with Gasteiger partial charge < -0.3 is 9.12 Å². The molecule has 0 saturated heterocycles. The van der Waals surface area contributed by atoms with Crippen molar-refractivity contribution in [3.63, 3.8) is 0 Å². The first kappa shape index (κ1) is 36.7. The van der Waals surface area contributed by atoms with Gasteiger partial charge in [-0.25, -0.2) is 22.5 Å². The molecule has 0 bridgehead atoms. The molecular formula is C22H26F6N4O8S2. The molecule has 0 amide bonds. The van der Waals surface area contributed by atoms with Crippen molar-refractivity contribution < 1.29 is 64.8 Å². The zero-order valence-electron chi connectivity index (χ0n) is 22.8. The number of fused-ring (bicyclic) bond motifs is 2. The van der Waals surface area contributed by atoms with Gasteiger partial charge in [-0.05, 0) is 24.3 Å². The standard InChI is InChI=1S/C10H10F3N2.C9H7F3N2.C2H6O4S.CH4O4S/c1-14-7-5-3-4-6-8(7)15(2)9(14)10(11,12)13;1-14-7-5-3-2-4-6(7)13-8(14)9(10,11)12;1-5-7(3,4)6-2;1-5-6(2,3)4/h3-6H,1-2H3;2-5H,1H3;1-2H3;1H3,(H,2,3,4)/q+1;;;/p-1. The highest BCUT2D eigenvalue weighted by Gasteiger charge is 2.45. The average molecular weight is 653 g/mol. The summed E-state index contributed by atoms with van der Waals surface area (Å²) < 4.78 is 137. The van der Waals surface area contributed by atoms with Crippen molar-refractivity contribution >= 4 is 42.9 Å². The van der Waals surface area contributed by atoms with Gasteiger partial charge in [-0.15, -0.1) is 0 Å². The van der Waals surface area contributed by atoms with E-state index in [0.29, 0.717) is 22.1 Å². The van der Waals surface area contributed by atoms with Gasteiger partial charge in [0.15, 0.2) is 11.0 Å². The number of aromatic nitrogens is 4. The number of rotatable bonds is 3. The van der Waals surface area contributed by atoms with E-state index >= 15 is 0 Å². The minimum absolute atomic E-state index is 0.363. The number of halogens is 6. The normalized spacial score (nSPS) is 12.1. The second-order valence-corrected chi connectivity index (χ2v) is 10.4. The van der Waals surface area contributed by atoms with Crippen LogP contribution >= 0.6 is 0 Å². The number of aryl methyl sites for hydroxylation is 3. The summed E-state index contributed by atoms with van der Waals surface area (Å²) in [6.45, 7) is 0. The fourth-order valence-electron chi connectivity index (χ4n) is 3.33. The summed E-state index contributed by atoms with van der Waals surface area (Å²) in [7, 11) is -1.01. The summed E-state index contributed by atoms with van der Waals surface area (Å²) in [5, 5.41) is 0. The Morgan fingerprint density at radius 3 is 1.57 bits per heavy atom. The van der Waals surface area contributed by atoms with Crippen LogP contribution in [0.3, 0.4) is 0 Å². The van der Waals surface area contributed by atoms with Crippen LogP contribution < -0.4 is 4.57 Å². The Kier molecular flexibility index (Phi) is 12.5. The van der Waals surface area contributed by atoms with Gasteiger partial charge in [0, 0.05) is 7.05 Å². The summed E-state index contributed by atoms with van der Waals surface area (Å²) in [5.74, 6) is -1.51. The van der Waals surface area contributed by atoms with Crippen LogP contribution in [-0.4, -0.2) is 56.8 Å². The van der Waals surface area contributed by atoms with Gasteiger partial charge in [-0.2, -0.15) is 34.8 Å². The molecule has 2 aromatic carbocycles. The minimum atomic E-state index is -4.41. The lowest BCUT2D eigenvalue weighted by atomic mass is 10.3. The number of para-hydroxylation sites is 4. The third-order valence-corrected chi connectivity index (χ3v) is 6.37. The molecule has 236 valence electrons. The smallest absolute Gasteiger partial charge is 0.495 e. The molecule has 0 N–H and O–H groups in total. The predicted molar refractivity (Wildman–Crippen MR) is 134 cm³/mol. The maximum Gasteiger partial charge on any atom is 0.495 e. The topological polar surface area (TPSA) is 146 Å². The number of imidazole rings is 2. The molecule has 20 heteroatoms. The number of hydrogen-bond acceptors (Lipinski definition) is 9. The first-order chi connectivity index (χ1) is 19.1. The number of benzene rings is 2. The van der Waals surface area contributed by atoms with Crippen molar-refractivity contribution in [2.45, 2.75) is 12.4 Å². The molecule has 42 heavy (non-hydrogen) atoms. The van der Waals surface area contributed by atoms with Gasteiger partial charge in [0.1, 0.15) is 0 Å². The summed E-state index contributed by atoms with van der Waals surface area (Å²) in [6, 6.07) is 13.3. The molecule has 0 spiro atoms. The minimum Gasteiger partial charge on any atom is -0.726 e. The van der Waals surface area contributed by atoms with E-state index in [1.807, 2.05) is 0 Å². The molecular weight excluding hydrogens is 626 g/mol. The molecule has 0 aliphatic heterocycles. The Hall–Kier alpha value is -3.30. The van der Waals surface area contributed by atoms with Crippen molar-refractivity contribution in [3.05, 3.63) is 60.2 Å². The van der Waals surface area contributed by atoms with E-state index < -0.39 is 44.8 Å². The van der Waals surface area contributed by atoms with E-state index in [1.54, 1.807) is 48.5 Å². The molecule has 0 radical (unpaired) electrons. The Labute approximate surface area is 236 Å². The Bertz CT molecular complexity index is 1650. The van der Waals surface area contributed by atoms with Crippen LogP contribution in [0.1, 0.15) is 11.6 Å². The fourth-order valence-corrected chi connectivity index (χ4v) is 3.47. The molecule has 4 rings (SSSR count). The van der Waals surface area contributed by atoms with Gasteiger partial charge in [-0.3, -0.25) is 12.5 Å². The Morgan fingerprint density at radius 1 is 0.762 bits per heavy atom. The van der Waals surface area contributed by atoms with E-state index in [-0.39, 0.29) is 0 Å². The van der Waals surface area contributed by atoms with Crippen LogP contribution in [0.2, 0.25) is 0 Å². The number of alkyl halides is 6. The lowest BCUT2D eigenvalue weighted by Gasteiger charge is -2.05. The molecule has 2 heterocycles. The van der Waals surface area contributed by atoms with Crippen LogP contribution in [0.5, 0.6) is 0 Å². The molecule has 0 saturated carbocycles. The largest absolute Gasteiger partial charge is 0.726 e. The Morgan fingerprint density at radius 2 is 1.21 bits per heavy atom. The lowest BCUT2D eigenvalue weighted by molar-refractivity contribution is -0.667. The molecule has 0 aliphatic carbocycles. The first-order valence-corrected chi connectivity index (χ1v) is 13.6. The highest BCUT2D eigenvalue weighted by molar-refractivity contribution is 7.81. The van der Waals surface area contributed by atoms with E-state index in [1.165, 1.54) is 21.1 Å². The molecule has 0 unspecified atom stereocenters. The lowest BCUT2D eigenvalue weighted by Crippen LogP contribution is -2.37. The second-order valence-electron chi connectivity index (χ2n) is 7.73. The summed E-state index contributed by atoms with van der Waals surface area (Å²) in [5.41, 5.74) is 2.00. The molecule has 0 atom stereocenters. The SMILES string of the molecule is COS(=O)(=O)OC.COS(=O)(=O)[O-].Cn1c(C(F)(F)F)[n+](C)c2ccccc21.Cn1c(C(F)(F)F)nc2ccccc21. The average Bonchev–Trinajstić information content (AvgIpc) is 3.38. The third-order valence-electron chi connectivity index (χ3n) is 5.15. The van der Waals surface area contributed by atoms with Crippen molar-refractivity contribution in [1.29, 1.82) is 0 Å². The zero-order valence-corrected chi connectivity index (χ0v) is 24.4. The van der Waals surface area contributed by atoms with Crippen molar-refractivity contribution in [2.24, 2.45) is 21.1 Å². The van der Waals surface area contributed by atoms with Crippen LogP contribution in [0.4, 0.5) is 26.3 Å². The van der Waals surface area contributed by atoms with Crippen molar-refractivity contribution in [2.75, 3.05) is 21.3 Å². The van der Waals surface area contributed by atoms with Gasteiger partial charge in [-0.1, -0.05) is 24.3 Å². The van der Waals surface area contributed by atoms with E-state index in [9.17, 15) is 47.7 Å². The van der Waals surface area contributed by atoms with Crippen molar-refractivity contribution in [1.82, 2.24) is 14.1 Å². The number of nitrogens with zero attached hydrogens (tertiary/aromatic N) is 4. The maximum absolute atomic E-state index is 12.7. The van der Waals surface area contributed by atoms with Crippen LogP contribution in [-0.2, 0) is 66.8 Å². The summed E-state index contributed by atoms with van der Waals surface area (Å²) in [4.78, 5) is 3.52. The quantitative estimate of drug-likeness (QED) is 0.141. The molecule has 2 aromatic heterocycles. The van der Waals surface area contributed by atoms with Crippen molar-refractivity contribution in [3.8, 4) is 0 Å². The van der Waals surface area contributed by atoms with Gasteiger partial charge in [0.05, 0.1) is 46.5 Å². The monoisotopic (exact) mass is 652 g/mol. The van der Waals surface area contributed by atoms with E-state index in [4.69, 9.17) is 0 Å². The van der Waals surface area contributed by atoms with E-state index in [2.05, 4.69) is 17.5 Å². The molecule has 12 nitrogen and oxygen atoms in total. The zero-order chi connectivity index (χ0) is 32.7. The van der Waals surface area contributed by atoms with Gasteiger partial charge in [0.2, 0.25) is 16.2 Å². The highest BCUT2D eigenvalue weighted by Crippen LogP contribution is 2.30. The Balaban J connectivity index is 0.000000302. The predicted octanol–water partition coefficient (Wildman–Crippen LogP) is 3.23. The summed E-state index contributed by atoms with van der Waals surface area (Å²) >= 11 is 0. The maximum atomic E-state index is 12.7. The third kappa shape index (κ3) is 10.2. The highest BCUT2D eigenvalue weighted by atomic mass is 32.3. The first-order valence-electron chi connectivity index (χ1n) is 11.0. The van der Waals surface area contributed by atoms with Crippen LogP contribution in [0.25, 0.3) is 22.1 Å². The van der Waals surface area contributed by atoms with Crippen LogP contribution in [0, 0.1) is 0 Å². The molecule has 0 fully saturated rings. The molecule has 4 aromatic rings. The number of hydrogen-bond donors (Lipinski definition) is 0. The fraction of sp³-hybridized carbons (Fsp3) is 0.364. The van der Waals surface area contributed by atoms with Crippen LogP contribution in [0.15, 0.2) is 48.5 Å². The van der Waals surface area contributed by atoms with Gasteiger partial charge >= 0.3 is 28.6 Å².